The lowest BCUT2D eigenvalue weighted by Crippen LogP contribution is -2.00. The first-order valence-electron chi connectivity index (χ1n) is 4.90. The number of nitrogens with two attached hydrogens (primary N) is 1. The SMILES string of the molecule is CC(=CCn1cnc2ncnc(N)c21)CO. The van der Waals surface area contributed by atoms with E-state index in [9.17, 15) is 0 Å². The Morgan fingerprint density at radius 1 is 1.50 bits per heavy atom. The third-order valence-corrected chi connectivity index (χ3v) is 2.32. The van der Waals surface area contributed by atoms with Gasteiger partial charge in [0.15, 0.2) is 11.5 Å². The molecule has 0 aromatic carbocycles. The van der Waals surface area contributed by atoms with Crippen LogP contribution in [0, 0.1) is 0 Å². The average Bonchev–Trinajstić information content (AvgIpc) is 2.70. The number of nitrogens with zero attached hydrogens (tertiary/aromatic N) is 4. The standard InChI is InChI=1S/C10H13N5O/c1-7(4-16)2-3-15-6-14-10-8(15)9(11)12-5-13-10/h2,5-6,16H,3-4H2,1H3,(H2,11,12,13). The number of hydrogen-bond acceptors (Lipinski definition) is 5. The summed E-state index contributed by atoms with van der Waals surface area (Å²) in [7, 11) is 0. The molecular formula is C10H13N5O. The molecule has 0 unspecified atom stereocenters. The fourth-order valence-corrected chi connectivity index (χ4v) is 1.39. The minimum atomic E-state index is 0.0542. The van der Waals surface area contributed by atoms with Gasteiger partial charge >= 0.3 is 0 Å². The topological polar surface area (TPSA) is 89.9 Å². The number of imidazole rings is 1. The fraction of sp³-hybridized carbons (Fsp3) is 0.300. The summed E-state index contributed by atoms with van der Waals surface area (Å²) in [5.74, 6) is 0.414. The van der Waals surface area contributed by atoms with Gasteiger partial charge < -0.3 is 15.4 Å². The van der Waals surface area contributed by atoms with Crippen LogP contribution in [0.2, 0.25) is 0 Å². The number of rotatable bonds is 3. The molecule has 2 rings (SSSR count). The predicted molar refractivity (Wildman–Crippen MR) is 60.6 cm³/mol. The Labute approximate surface area is 92.5 Å². The van der Waals surface area contributed by atoms with Crippen molar-refractivity contribution in [2.45, 2.75) is 13.5 Å². The van der Waals surface area contributed by atoms with Gasteiger partial charge in [-0.25, -0.2) is 15.0 Å². The zero-order valence-electron chi connectivity index (χ0n) is 8.96. The average molecular weight is 219 g/mol. The smallest absolute Gasteiger partial charge is 0.182 e. The van der Waals surface area contributed by atoms with Gasteiger partial charge in [-0.05, 0) is 6.92 Å². The maximum Gasteiger partial charge on any atom is 0.182 e. The van der Waals surface area contributed by atoms with E-state index in [4.69, 9.17) is 10.8 Å². The minimum Gasteiger partial charge on any atom is -0.392 e. The number of aromatic nitrogens is 4. The van der Waals surface area contributed by atoms with Gasteiger partial charge in [0.25, 0.3) is 0 Å². The lowest BCUT2D eigenvalue weighted by atomic mass is 10.3. The van der Waals surface area contributed by atoms with Gasteiger partial charge in [-0.15, -0.1) is 0 Å². The molecule has 2 aromatic rings. The Balaban J connectivity index is 2.38. The number of hydrogen-bond donors (Lipinski definition) is 2. The monoisotopic (exact) mass is 219 g/mol. The number of fused-ring (bicyclic) bond motifs is 1. The Hall–Kier alpha value is -1.95. The van der Waals surface area contributed by atoms with Crippen LogP contribution in [0.1, 0.15) is 6.92 Å². The molecule has 0 saturated carbocycles. The summed E-state index contributed by atoms with van der Waals surface area (Å²) in [5, 5.41) is 8.89. The predicted octanol–water partition coefficient (Wildman–Crippen LogP) is 0.347. The van der Waals surface area contributed by atoms with E-state index < -0.39 is 0 Å². The van der Waals surface area contributed by atoms with Crippen molar-refractivity contribution in [2.75, 3.05) is 12.3 Å². The molecule has 0 radical (unpaired) electrons. The van der Waals surface area contributed by atoms with Gasteiger partial charge in [0.1, 0.15) is 11.8 Å². The van der Waals surface area contributed by atoms with Crippen molar-refractivity contribution in [2.24, 2.45) is 0 Å². The molecule has 0 saturated heterocycles. The normalized spacial score (nSPS) is 12.2. The molecule has 6 nitrogen and oxygen atoms in total. The molecule has 0 aliphatic carbocycles. The molecule has 3 N–H and O–H groups in total. The van der Waals surface area contributed by atoms with Crippen LogP contribution in [-0.4, -0.2) is 31.2 Å². The van der Waals surface area contributed by atoms with E-state index in [1.807, 2.05) is 17.6 Å². The molecule has 0 aliphatic rings. The van der Waals surface area contributed by atoms with E-state index in [2.05, 4.69) is 15.0 Å². The van der Waals surface area contributed by atoms with Gasteiger partial charge in [0, 0.05) is 6.54 Å². The van der Waals surface area contributed by atoms with Gasteiger partial charge in [-0.3, -0.25) is 0 Å². The lowest BCUT2D eigenvalue weighted by Gasteiger charge is -2.02. The molecule has 16 heavy (non-hydrogen) atoms. The molecule has 0 bridgehead atoms. The van der Waals surface area contributed by atoms with Crippen LogP contribution in [0.4, 0.5) is 5.82 Å². The molecule has 6 heteroatoms. The summed E-state index contributed by atoms with van der Waals surface area (Å²) in [6, 6.07) is 0. The molecule has 0 aliphatic heterocycles. The van der Waals surface area contributed by atoms with E-state index in [1.165, 1.54) is 6.33 Å². The molecule has 0 atom stereocenters. The molecule has 0 fully saturated rings. The Kier molecular flexibility index (Phi) is 2.82. The fourth-order valence-electron chi connectivity index (χ4n) is 1.39. The number of nitrogen functional groups attached to an aromatic ring is 1. The quantitative estimate of drug-likeness (QED) is 0.727. The number of aliphatic hydroxyl groups is 1. The molecule has 84 valence electrons. The highest BCUT2D eigenvalue weighted by atomic mass is 16.3. The van der Waals surface area contributed by atoms with Gasteiger partial charge in [-0.2, -0.15) is 0 Å². The van der Waals surface area contributed by atoms with Crippen LogP contribution in [0.3, 0.4) is 0 Å². The van der Waals surface area contributed by atoms with Crippen molar-refractivity contribution in [1.82, 2.24) is 19.5 Å². The van der Waals surface area contributed by atoms with Crippen molar-refractivity contribution < 1.29 is 5.11 Å². The largest absolute Gasteiger partial charge is 0.392 e. The molecular weight excluding hydrogens is 206 g/mol. The maximum absolute atomic E-state index is 8.89. The highest BCUT2D eigenvalue weighted by molar-refractivity contribution is 5.81. The molecule has 2 aromatic heterocycles. The third-order valence-electron chi connectivity index (χ3n) is 2.32. The Morgan fingerprint density at radius 2 is 2.31 bits per heavy atom. The van der Waals surface area contributed by atoms with Crippen molar-refractivity contribution in [3.05, 3.63) is 24.3 Å². The van der Waals surface area contributed by atoms with E-state index in [1.54, 1.807) is 6.33 Å². The van der Waals surface area contributed by atoms with Crippen molar-refractivity contribution in [3.8, 4) is 0 Å². The second-order valence-electron chi connectivity index (χ2n) is 3.54. The minimum absolute atomic E-state index is 0.0542. The molecule has 0 spiro atoms. The van der Waals surface area contributed by atoms with Gasteiger partial charge in [-0.1, -0.05) is 11.6 Å². The zero-order valence-corrected chi connectivity index (χ0v) is 8.96. The van der Waals surface area contributed by atoms with E-state index in [-0.39, 0.29) is 6.61 Å². The van der Waals surface area contributed by atoms with Gasteiger partial charge in [0.2, 0.25) is 0 Å². The number of aliphatic hydroxyl groups excluding tert-OH is 1. The van der Waals surface area contributed by atoms with Crippen molar-refractivity contribution >= 4 is 17.0 Å². The Morgan fingerprint density at radius 3 is 3.06 bits per heavy atom. The summed E-state index contributed by atoms with van der Waals surface area (Å²) in [6.45, 7) is 2.51. The second-order valence-corrected chi connectivity index (χ2v) is 3.54. The summed E-state index contributed by atoms with van der Waals surface area (Å²) < 4.78 is 1.85. The lowest BCUT2D eigenvalue weighted by molar-refractivity contribution is 0.331. The zero-order chi connectivity index (χ0) is 11.5. The van der Waals surface area contributed by atoms with Crippen LogP contribution >= 0.6 is 0 Å². The number of allylic oxidation sites excluding steroid dienone is 1. The first-order valence-corrected chi connectivity index (χ1v) is 4.90. The summed E-state index contributed by atoms with van der Waals surface area (Å²) >= 11 is 0. The first kappa shape index (κ1) is 10.6. The third kappa shape index (κ3) is 1.87. The highest BCUT2D eigenvalue weighted by Crippen LogP contribution is 2.15. The van der Waals surface area contributed by atoms with Gasteiger partial charge in [0.05, 0.1) is 12.9 Å². The van der Waals surface area contributed by atoms with Crippen LogP contribution in [0.15, 0.2) is 24.3 Å². The maximum atomic E-state index is 8.89. The molecule has 2 heterocycles. The van der Waals surface area contributed by atoms with Crippen molar-refractivity contribution in [1.29, 1.82) is 0 Å². The summed E-state index contributed by atoms with van der Waals surface area (Å²) in [6.07, 6.45) is 4.97. The van der Waals surface area contributed by atoms with E-state index >= 15 is 0 Å². The second kappa shape index (κ2) is 4.28. The van der Waals surface area contributed by atoms with E-state index in [0.29, 0.717) is 18.0 Å². The van der Waals surface area contributed by atoms with Crippen molar-refractivity contribution in [3.63, 3.8) is 0 Å². The van der Waals surface area contributed by atoms with Crippen LogP contribution in [0.25, 0.3) is 11.2 Å². The van der Waals surface area contributed by atoms with E-state index in [0.717, 1.165) is 11.1 Å². The van der Waals surface area contributed by atoms with Crippen LogP contribution in [0.5, 0.6) is 0 Å². The summed E-state index contributed by atoms with van der Waals surface area (Å²) in [4.78, 5) is 12.1. The number of anilines is 1. The highest BCUT2D eigenvalue weighted by Gasteiger charge is 2.06. The molecule has 0 amide bonds. The Bertz CT molecular complexity index is 531. The van der Waals surface area contributed by atoms with Crippen LogP contribution < -0.4 is 5.73 Å². The summed E-state index contributed by atoms with van der Waals surface area (Å²) in [5.41, 5.74) is 7.97. The van der Waals surface area contributed by atoms with Crippen LogP contribution in [-0.2, 0) is 6.54 Å². The first-order chi connectivity index (χ1) is 7.72.